The van der Waals surface area contributed by atoms with Crippen molar-refractivity contribution in [1.82, 2.24) is 14.8 Å². The Hall–Kier alpha value is -3.49. The first-order valence-corrected chi connectivity index (χ1v) is 11.8. The Kier molecular flexibility index (Phi) is 7.72. The van der Waals surface area contributed by atoms with Crippen LogP contribution in [0.15, 0.2) is 78.0 Å². The van der Waals surface area contributed by atoms with Crippen LogP contribution in [0.25, 0.3) is 11.4 Å². The quantitative estimate of drug-likeness (QED) is 0.314. The number of nitrogens with zero attached hydrogens (tertiary/aromatic N) is 3. The molecule has 0 aliphatic rings. The normalized spacial score (nSPS) is 10.7. The van der Waals surface area contributed by atoms with Crippen molar-refractivity contribution in [3.63, 3.8) is 0 Å². The first-order chi connectivity index (χ1) is 16.6. The van der Waals surface area contributed by atoms with Crippen LogP contribution in [-0.4, -0.2) is 40.6 Å². The van der Waals surface area contributed by atoms with Crippen LogP contribution < -0.4 is 14.8 Å². The van der Waals surface area contributed by atoms with E-state index in [2.05, 4.69) is 15.5 Å². The predicted molar refractivity (Wildman–Crippen MR) is 135 cm³/mol. The van der Waals surface area contributed by atoms with Gasteiger partial charge in [-0.15, -0.1) is 10.2 Å². The monoisotopic (exact) mass is 494 g/mol. The molecule has 0 saturated carbocycles. The Balaban J connectivity index is 1.53. The van der Waals surface area contributed by atoms with E-state index >= 15 is 0 Å². The number of carbonyl (C=O) groups excluding carboxylic acids is 1. The standard InChI is InChI=1S/C25H23ClN4O3S/c1-32-21-13-12-18(14-22(21)33-2)27-23(31)16-34-25-29-28-24(19-10-6-7-11-20(19)26)30(25)15-17-8-4-3-5-9-17/h3-14H,15-16H2,1-2H3,(H,27,31). The minimum absolute atomic E-state index is 0.157. The van der Waals surface area contributed by atoms with E-state index in [0.717, 1.165) is 11.1 Å². The second-order valence-corrected chi connectivity index (χ2v) is 8.61. The molecule has 0 saturated heterocycles. The van der Waals surface area contributed by atoms with Crippen molar-refractivity contribution in [2.75, 3.05) is 25.3 Å². The second-order valence-electron chi connectivity index (χ2n) is 7.26. The third-order valence-electron chi connectivity index (χ3n) is 5.01. The molecule has 0 atom stereocenters. The number of thioether (sulfide) groups is 1. The summed E-state index contributed by atoms with van der Waals surface area (Å²) in [5, 5.41) is 12.8. The molecule has 4 rings (SSSR count). The van der Waals surface area contributed by atoms with E-state index in [-0.39, 0.29) is 11.7 Å². The van der Waals surface area contributed by atoms with E-state index in [4.69, 9.17) is 21.1 Å². The lowest BCUT2D eigenvalue weighted by Crippen LogP contribution is -2.15. The molecular formula is C25H23ClN4O3S. The van der Waals surface area contributed by atoms with Gasteiger partial charge in [0.2, 0.25) is 5.91 Å². The number of ether oxygens (including phenoxy) is 2. The Morgan fingerprint density at radius 3 is 2.44 bits per heavy atom. The van der Waals surface area contributed by atoms with E-state index in [1.54, 1.807) is 32.4 Å². The largest absolute Gasteiger partial charge is 0.493 e. The molecule has 0 fully saturated rings. The topological polar surface area (TPSA) is 78.3 Å². The fourth-order valence-electron chi connectivity index (χ4n) is 3.39. The summed E-state index contributed by atoms with van der Waals surface area (Å²) in [7, 11) is 3.12. The Bertz CT molecular complexity index is 1280. The number of nitrogens with one attached hydrogen (secondary N) is 1. The van der Waals surface area contributed by atoms with E-state index in [9.17, 15) is 4.79 Å². The molecule has 3 aromatic carbocycles. The van der Waals surface area contributed by atoms with Crippen molar-refractivity contribution in [3.8, 4) is 22.9 Å². The van der Waals surface area contributed by atoms with Crippen molar-refractivity contribution in [1.29, 1.82) is 0 Å². The van der Waals surface area contributed by atoms with Crippen molar-refractivity contribution < 1.29 is 14.3 Å². The van der Waals surface area contributed by atoms with Crippen molar-refractivity contribution in [2.45, 2.75) is 11.7 Å². The van der Waals surface area contributed by atoms with Gasteiger partial charge in [0, 0.05) is 17.3 Å². The van der Waals surface area contributed by atoms with Crippen molar-refractivity contribution in [3.05, 3.63) is 83.4 Å². The minimum atomic E-state index is -0.175. The molecule has 0 bridgehead atoms. The van der Waals surface area contributed by atoms with E-state index in [1.807, 2.05) is 59.2 Å². The van der Waals surface area contributed by atoms with Crippen LogP contribution in [0, 0.1) is 0 Å². The highest BCUT2D eigenvalue weighted by Crippen LogP contribution is 2.31. The van der Waals surface area contributed by atoms with Crippen LogP contribution in [0.4, 0.5) is 5.69 Å². The highest BCUT2D eigenvalue weighted by molar-refractivity contribution is 7.99. The molecule has 0 radical (unpaired) electrons. The number of methoxy groups -OCH3 is 2. The smallest absolute Gasteiger partial charge is 0.234 e. The zero-order valence-electron chi connectivity index (χ0n) is 18.7. The van der Waals surface area contributed by atoms with Gasteiger partial charge in [-0.25, -0.2) is 0 Å². The molecule has 1 amide bonds. The number of anilines is 1. The highest BCUT2D eigenvalue weighted by atomic mass is 35.5. The molecule has 9 heteroatoms. The fraction of sp³-hybridized carbons (Fsp3) is 0.160. The number of hydrogen-bond donors (Lipinski definition) is 1. The van der Waals surface area contributed by atoms with Crippen LogP contribution in [0.5, 0.6) is 11.5 Å². The molecule has 1 aromatic heterocycles. The van der Waals surface area contributed by atoms with Gasteiger partial charge in [-0.2, -0.15) is 0 Å². The lowest BCUT2D eigenvalue weighted by atomic mass is 10.2. The van der Waals surface area contributed by atoms with Crippen LogP contribution >= 0.6 is 23.4 Å². The molecule has 0 spiro atoms. The summed E-state index contributed by atoms with van der Waals surface area (Å²) in [4.78, 5) is 12.7. The summed E-state index contributed by atoms with van der Waals surface area (Å²) in [5.74, 6) is 1.77. The summed E-state index contributed by atoms with van der Waals surface area (Å²) in [6.07, 6.45) is 0. The lowest BCUT2D eigenvalue weighted by molar-refractivity contribution is -0.113. The molecule has 34 heavy (non-hydrogen) atoms. The number of aromatic nitrogens is 3. The first-order valence-electron chi connectivity index (χ1n) is 10.5. The number of amides is 1. The van der Waals surface area contributed by atoms with Crippen LogP contribution in [-0.2, 0) is 11.3 Å². The third kappa shape index (κ3) is 5.52. The van der Waals surface area contributed by atoms with Gasteiger partial charge >= 0.3 is 0 Å². The molecule has 0 unspecified atom stereocenters. The van der Waals surface area contributed by atoms with Gasteiger partial charge < -0.3 is 14.8 Å². The van der Waals surface area contributed by atoms with Gasteiger partial charge in [0.05, 0.1) is 31.5 Å². The maximum absolute atomic E-state index is 12.7. The Labute approximate surface area is 207 Å². The summed E-state index contributed by atoms with van der Waals surface area (Å²) < 4.78 is 12.5. The van der Waals surface area contributed by atoms with Gasteiger partial charge in [-0.3, -0.25) is 9.36 Å². The molecule has 1 N–H and O–H groups in total. The van der Waals surface area contributed by atoms with Gasteiger partial charge in [0.25, 0.3) is 0 Å². The SMILES string of the molecule is COc1ccc(NC(=O)CSc2nnc(-c3ccccc3Cl)n2Cc2ccccc2)cc1OC. The first kappa shape index (κ1) is 23.7. The summed E-state index contributed by atoms with van der Waals surface area (Å²) in [6, 6.07) is 22.7. The molecule has 1 heterocycles. The fourth-order valence-corrected chi connectivity index (χ4v) is 4.34. The van der Waals surface area contributed by atoms with Crippen molar-refractivity contribution >= 4 is 35.0 Å². The molecular weight excluding hydrogens is 472 g/mol. The molecule has 4 aromatic rings. The van der Waals surface area contributed by atoms with E-state index in [1.165, 1.54) is 11.8 Å². The van der Waals surface area contributed by atoms with Gasteiger partial charge in [-0.05, 0) is 29.8 Å². The van der Waals surface area contributed by atoms with E-state index in [0.29, 0.717) is 39.7 Å². The minimum Gasteiger partial charge on any atom is -0.493 e. The summed E-state index contributed by atoms with van der Waals surface area (Å²) >= 11 is 7.75. The number of carbonyl (C=O) groups is 1. The van der Waals surface area contributed by atoms with Crippen LogP contribution in [0.3, 0.4) is 0 Å². The van der Waals surface area contributed by atoms with Gasteiger partial charge in [0.1, 0.15) is 0 Å². The molecule has 0 aliphatic heterocycles. The van der Waals surface area contributed by atoms with Crippen LogP contribution in [0.1, 0.15) is 5.56 Å². The lowest BCUT2D eigenvalue weighted by Gasteiger charge is -2.12. The number of rotatable bonds is 9. The summed E-state index contributed by atoms with van der Waals surface area (Å²) in [5.41, 5.74) is 2.49. The maximum atomic E-state index is 12.7. The van der Waals surface area contributed by atoms with Gasteiger partial charge in [0.15, 0.2) is 22.5 Å². The third-order valence-corrected chi connectivity index (χ3v) is 6.31. The highest BCUT2D eigenvalue weighted by Gasteiger charge is 2.18. The number of benzene rings is 3. The van der Waals surface area contributed by atoms with E-state index < -0.39 is 0 Å². The Morgan fingerprint density at radius 1 is 0.971 bits per heavy atom. The van der Waals surface area contributed by atoms with Crippen LogP contribution in [0.2, 0.25) is 5.02 Å². The zero-order chi connectivity index (χ0) is 23.9. The summed E-state index contributed by atoms with van der Waals surface area (Å²) in [6.45, 7) is 0.550. The predicted octanol–water partition coefficient (Wildman–Crippen LogP) is 5.39. The maximum Gasteiger partial charge on any atom is 0.234 e. The zero-order valence-corrected chi connectivity index (χ0v) is 20.3. The molecule has 7 nitrogen and oxygen atoms in total. The number of halogens is 1. The van der Waals surface area contributed by atoms with Crippen molar-refractivity contribution in [2.24, 2.45) is 0 Å². The molecule has 0 aliphatic carbocycles. The second kappa shape index (κ2) is 11.1. The Morgan fingerprint density at radius 2 is 1.71 bits per heavy atom. The average Bonchev–Trinajstić information content (AvgIpc) is 3.25. The number of hydrogen-bond acceptors (Lipinski definition) is 6. The van der Waals surface area contributed by atoms with Gasteiger partial charge in [-0.1, -0.05) is 65.8 Å². The molecule has 174 valence electrons. The average molecular weight is 495 g/mol.